The Morgan fingerprint density at radius 1 is 1.06 bits per heavy atom. The quantitative estimate of drug-likeness (QED) is 0.244. The number of pyridine rings is 1. The van der Waals surface area contributed by atoms with Gasteiger partial charge in [-0.05, 0) is 41.8 Å². The van der Waals surface area contributed by atoms with Gasteiger partial charge >= 0.3 is 0 Å². The van der Waals surface area contributed by atoms with Crippen LogP contribution in [0.4, 0.5) is 0 Å². The number of hydrogen-bond donors (Lipinski definition) is 1. The van der Waals surface area contributed by atoms with Crippen LogP contribution in [0.1, 0.15) is 22.7 Å². The molecule has 3 aromatic rings. The lowest BCUT2D eigenvalue weighted by atomic mass is 9.95. The van der Waals surface area contributed by atoms with E-state index < -0.39 is 17.7 Å². The number of ether oxygens (including phenoxy) is 1. The van der Waals surface area contributed by atoms with E-state index in [1.165, 1.54) is 17.3 Å². The number of ketones is 1. The van der Waals surface area contributed by atoms with E-state index in [1.54, 1.807) is 36.4 Å². The average molecular weight is 440 g/mol. The number of carbonyl (C=O) groups is 2. The van der Waals surface area contributed by atoms with E-state index in [-0.39, 0.29) is 11.3 Å². The number of hydrogen-bond acceptors (Lipinski definition) is 5. The summed E-state index contributed by atoms with van der Waals surface area (Å²) < 4.78 is 5.66. The number of likely N-dealkylation sites (tertiary alicyclic amines) is 1. The Balaban J connectivity index is 1.78. The fourth-order valence-corrected chi connectivity index (χ4v) is 3.95. The number of aliphatic hydroxyl groups is 1. The van der Waals surface area contributed by atoms with Crippen LogP contribution in [-0.4, -0.2) is 39.8 Å². The zero-order chi connectivity index (χ0) is 23.2. The molecule has 6 nitrogen and oxygen atoms in total. The van der Waals surface area contributed by atoms with Gasteiger partial charge in [0.1, 0.15) is 18.1 Å². The number of nitrogens with zero attached hydrogens (tertiary/aromatic N) is 2. The molecule has 1 unspecified atom stereocenters. The zero-order valence-electron chi connectivity index (χ0n) is 18.1. The predicted molar refractivity (Wildman–Crippen MR) is 126 cm³/mol. The van der Waals surface area contributed by atoms with Gasteiger partial charge in [-0.2, -0.15) is 0 Å². The zero-order valence-corrected chi connectivity index (χ0v) is 18.1. The fraction of sp³-hybridized carbons (Fsp3) is 0.148. The number of aromatic nitrogens is 1. The van der Waals surface area contributed by atoms with Gasteiger partial charge in [-0.15, -0.1) is 0 Å². The first-order valence-corrected chi connectivity index (χ1v) is 10.7. The smallest absolute Gasteiger partial charge is 0.295 e. The second-order valence-corrected chi connectivity index (χ2v) is 7.64. The maximum Gasteiger partial charge on any atom is 0.295 e. The first kappa shape index (κ1) is 22.0. The minimum Gasteiger partial charge on any atom is -0.507 e. The standard InChI is InChI=1S/C27H24N2O4/c1-2-17-33-22-10-6-9-21(18-22)24-23(25(30)20-11-14-28-15-12-20)26(31)27(32)29(24)16-13-19-7-4-3-5-8-19/h2-12,14-15,18,24,30H,1,13,16-17H2/b25-23+. The van der Waals surface area contributed by atoms with Crippen molar-refractivity contribution in [2.75, 3.05) is 13.2 Å². The molecule has 6 heteroatoms. The number of rotatable bonds is 8. The van der Waals surface area contributed by atoms with Gasteiger partial charge in [0, 0.05) is 24.5 Å². The molecule has 1 saturated heterocycles. The van der Waals surface area contributed by atoms with Gasteiger partial charge in [-0.3, -0.25) is 14.6 Å². The third-order valence-corrected chi connectivity index (χ3v) is 5.52. The van der Waals surface area contributed by atoms with Gasteiger partial charge in [0.2, 0.25) is 0 Å². The normalized spacial score (nSPS) is 17.2. The highest BCUT2D eigenvalue weighted by atomic mass is 16.5. The topological polar surface area (TPSA) is 79.7 Å². The summed E-state index contributed by atoms with van der Waals surface area (Å²) in [4.78, 5) is 31.7. The van der Waals surface area contributed by atoms with Crippen molar-refractivity contribution in [1.82, 2.24) is 9.88 Å². The van der Waals surface area contributed by atoms with Crippen LogP contribution in [-0.2, 0) is 16.0 Å². The summed E-state index contributed by atoms with van der Waals surface area (Å²) in [6.07, 6.45) is 5.27. The van der Waals surface area contributed by atoms with Gasteiger partial charge in [0.25, 0.3) is 11.7 Å². The molecule has 166 valence electrons. The lowest BCUT2D eigenvalue weighted by molar-refractivity contribution is -0.139. The molecule has 1 fully saturated rings. The van der Waals surface area contributed by atoms with Crippen molar-refractivity contribution in [3.63, 3.8) is 0 Å². The van der Waals surface area contributed by atoms with Crippen molar-refractivity contribution in [2.24, 2.45) is 0 Å². The molecule has 1 aliphatic heterocycles. The molecule has 4 rings (SSSR count). The number of benzene rings is 2. The van der Waals surface area contributed by atoms with Crippen molar-refractivity contribution in [1.29, 1.82) is 0 Å². The molecule has 0 radical (unpaired) electrons. The number of carbonyl (C=O) groups excluding carboxylic acids is 2. The van der Waals surface area contributed by atoms with E-state index in [4.69, 9.17) is 4.74 Å². The van der Waals surface area contributed by atoms with Gasteiger partial charge < -0.3 is 14.7 Å². The molecule has 33 heavy (non-hydrogen) atoms. The molecule has 0 spiro atoms. The lowest BCUT2D eigenvalue weighted by Gasteiger charge is -2.25. The first-order valence-electron chi connectivity index (χ1n) is 10.7. The van der Waals surface area contributed by atoms with Crippen LogP contribution in [0.2, 0.25) is 0 Å². The Morgan fingerprint density at radius 3 is 2.55 bits per heavy atom. The average Bonchev–Trinajstić information content (AvgIpc) is 3.12. The summed E-state index contributed by atoms with van der Waals surface area (Å²) in [5, 5.41) is 11.1. The highest BCUT2D eigenvalue weighted by Gasteiger charge is 2.45. The molecule has 0 saturated carbocycles. The van der Waals surface area contributed by atoms with Crippen LogP contribution in [0.3, 0.4) is 0 Å². The third-order valence-electron chi connectivity index (χ3n) is 5.52. The Bertz CT molecular complexity index is 1190. The van der Waals surface area contributed by atoms with Crippen LogP contribution >= 0.6 is 0 Å². The number of aliphatic hydroxyl groups excluding tert-OH is 1. The van der Waals surface area contributed by atoms with Crippen molar-refractivity contribution in [3.8, 4) is 5.75 Å². The van der Waals surface area contributed by atoms with E-state index in [9.17, 15) is 14.7 Å². The van der Waals surface area contributed by atoms with Crippen LogP contribution in [0, 0.1) is 0 Å². The summed E-state index contributed by atoms with van der Waals surface area (Å²) in [7, 11) is 0. The van der Waals surface area contributed by atoms with E-state index in [1.807, 2.05) is 36.4 Å². The summed E-state index contributed by atoms with van der Waals surface area (Å²) in [5.41, 5.74) is 2.21. The summed E-state index contributed by atoms with van der Waals surface area (Å²) in [5.74, 6) is -0.978. The van der Waals surface area contributed by atoms with Gasteiger partial charge in [0.15, 0.2) is 0 Å². The maximum atomic E-state index is 13.1. The SMILES string of the molecule is C=CCOc1cccc(C2/C(=C(\O)c3ccncc3)C(=O)C(=O)N2CCc2ccccc2)c1. The Kier molecular flexibility index (Phi) is 6.64. The minimum absolute atomic E-state index is 0.0557. The number of Topliss-reactive ketones (excluding diaryl/α,β-unsaturated/α-hetero) is 1. The van der Waals surface area contributed by atoms with Crippen molar-refractivity contribution >= 4 is 17.4 Å². The van der Waals surface area contributed by atoms with Gasteiger partial charge in [-0.25, -0.2) is 0 Å². The van der Waals surface area contributed by atoms with Crippen molar-refractivity contribution in [3.05, 3.63) is 114 Å². The van der Waals surface area contributed by atoms with E-state index >= 15 is 0 Å². The lowest BCUT2D eigenvalue weighted by Crippen LogP contribution is -2.31. The molecular weight excluding hydrogens is 416 g/mol. The molecule has 2 heterocycles. The molecule has 1 N–H and O–H groups in total. The molecule has 0 bridgehead atoms. The Labute approximate surface area is 192 Å². The summed E-state index contributed by atoms with van der Waals surface area (Å²) >= 11 is 0. The largest absolute Gasteiger partial charge is 0.507 e. The fourth-order valence-electron chi connectivity index (χ4n) is 3.95. The first-order chi connectivity index (χ1) is 16.1. The molecule has 2 aromatic carbocycles. The molecule has 0 aliphatic carbocycles. The van der Waals surface area contributed by atoms with E-state index in [0.717, 1.165) is 5.56 Å². The van der Waals surface area contributed by atoms with E-state index in [2.05, 4.69) is 11.6 Å². The van der Waals surface area contributed by atoms with Gasteiger partial charge in [-0.1, -0.05) is 55.1 Å². The second-order valence-electron chi connectivity index (χ2n) is 7.64. The third kappa shape index (κ3) is 4.70. The van der Waals surface area contributed by atoms with Crippen molar-refractivity contribution < 1.29 is 19.4 Å². The van der Waals surface area contributed by atoms with Crippen LogP contribution in [0.15, 0.2) is 97.4 Å². The predicted octanol–water partition coefficient (Wildman–Crippen LogP) is 4.31. The second kappa shape index (κ2) is 9.96. The summed E-state index contributed by atoms with van der Waals surface area (Å²) in [6.45, 7) is 4.31. The highest BCUT2D eigenvalue weighted by molar-refractivity contribution is 6.46. The maximum absolute atomic E-state index is 13.1. The van der Waals surface area contributed by atoms with Crippen molar-refractivity contribution in [2.45, 2.75) is 12.5 Å². The number of amides is 1. The Hall–Kier alpha value is -4.19. The van der Waals surface area contributed by atoms with Gasteiger partial charge in [0.05, 0.1) is 11.6 Å². The molecule has 1 aromatic heterocycles. The summed E-state index contributed by atoms with van der Waals surface area (Å²) in [6, 6.07) is 19.4. The minimum atomic E-state index is -0.742. The Morgan fingerprint density at radius 2 is 1.82 bits per heavy atom. The molecule has 1 amide bonds. The molecule has 1 atom stereocenters. The van der Waals surface area contributed by atoms with Crippen LogP contribution < -0.4 is 4.74 Å². The van der Waals surface area contributed by atoms with E-state index in [0.29, 0.717) is 36.4 Å². The molecular formula is C27H24N2O4. The monoisotopic (exact) mass is 440 g/mol. The molecule has 1 aliphatic rings. The highest BCUT2D eigenvalue weighted by Crippen LogP contribution is 2.40. The van der Waals surface area contributed by atoms with Crippen LogP contribution in [0.25, 0.3) is 5.76 Å². The van der Waals surface area contributed by atoms with Crippen LogP contribution in [0.5, 0.6) is 5.75 Å².